The lowest BCUT2D eigenvalue weighted by Crippen LogP contribution is -2.11. The Morgan fingerprint density at radius 3 is 2.85 bits per heavy atom. The summed E-state index contributed by atoms with van der Waals surface area (Å²) in [5.74, 6) is 0.320. The van der Waals surface area contributed by atoms with Gasteiger partial charge in [0.2, 0.25) is 0 Å². The first kappa shape index (κ1) is 12.6. The fraction of sp³-hybridized carbons (Fsp3) is 0. The number of hydrogen-bond acceptors (Lipinski definition) is 5. The van der Waals surface area contributed by atoms with Crippen molar-refractivity contribution in [3.63, 3.8) is 0 Å². The SMILES string of the molecule is O=C(Nc1nnc(-c2ccco2)o1)c1cccc(Br)c1. The Hall–Kier alpha value is -2.41. The molecule has 2 heterocycles. The average molecular weight is 334 g/mol. The van der Waals surface area contributed by atoms with Crippen LogP contribution in [0.2, 0.25) is 0 Å². The van der Waals surface area contributed by atoms with Gasteiger partial charge in [-0.05, 0) is 30.3 Å². The molecule has 0 atom stereocenters. The Morgan fingerprint density at radius 2 is 2.10 bits per heavy atom. The van der Waals surface area contributed by atoms with E-state index in [4.69, 9.17) is 8.83 Å². The predicted octanol–water partition coefficient (Wildman–Crippen LogP) is 3.34. The van der Waals surface area contributed by atoms with Crippen LogP contribution in [0.4, 0.5) is 6.01 Å². The third kappa shape index (κ3) is 2.62. The van der Waals surface area contributed by atoms with Gasteiger partial charge in [0.15, 0.2) is 5.76 Å². The number of halogens is 1. The highest BCUT2D eigenvalue weighted by Gasteiger charge is 2.14. The smallest absolute Gasteiger partial charge is 0.322 e. The molecule has 0 fully saturated rings. The van der Waals surface area contributed by atoms with E-state index >= 15 is 0 Å². The summed E-state index contributed by atoms with van der Waals surface area (Å²) in [6, 6.07) is 10.4. The van der Waals surface area contributed by atoms with Gasteiger partial charge in [-0.1, -0.05) is 27.1 Å². The minimum absolute atomic E-state index is 0.0152. The fourth-order valence-corrected chi connectivity index (χ4v) is 1.97. The highest BCUT2D eigenvalue weighted by molar-refractivity contribution is 9.10. The minimum Gasteiger partial charge on any atom is -0.459 e. The molecule has 100 valence electrons. The molecule has 3 aromatic rings. The maximum atomic E-state index is 12.0. The summed E-state index contributed by atoms with van der Waals surface area (Å²) in [5.41, 5.74) is 0.483. The summed E-state index contributed by atoms with van der Waals surface area (Å²) in [6.07, 6.45) is 1.50. The first-order valence-corrected chi connectivity index (χ1v) is 6.46. The van der Waals surface area contributed by atoms with E-state index < -0.39 is 0 Å². The van der Waals surface area contributed by atoms with E-state index in [-0.39, 0.29) is 17.8 Å². The normalized spacial score (nSPS) is 10.4. The minimum atomic E-state index is -0.332. The maximum Gasteiger partial charge on any atom is 0.322 e. The quantitative estimate of drug-likeness (QED) is 0.794. The second kappa shape index (κ2) is 5.30. The molecule has 0 aliphatic rings. The van der Waals surface area contributed by atoms with Gasteiger partial charge in [-0.2, -0.15) is 0 Å². The van der Waals surface area contributed by atoms with Crippen molar-refractivity contribution < 1.29 is 13.6 Å². The number of benzene rings is 1. The van der Waals surface area contributed by atoms with Crippen LogP contribution in [0, 0.1) is 0 Å². The highest BCUT2D eigenvalue weighted by Crippen LogP contribution is 2.20. The Kier molecular flexibility index (Phi) is 3.34. The van der Waals surface area contributed by atoms with Gasteiger partial charge in [-0.15, -0.1) is 5.10 Å². The number of aromatic nitrogens is 2. The van der Waals surface area contributed by atoms with Crippen LogP contribution in [-0.4, -0.2) is 16.1 Å². The lowest BCUT2D eigenvalue weighted by molar-refractivity contribution is 0.102. The number of hydrogen-bond donors (Lipinski definition) is 1. The van der Waals surface area contributed by atoms with E-state index in [2.05, 4.69) is 31.4 Å². The summed E-state index contributed by atoms with van der Waals surface area (Å²) in [6.45, 7) is 0. The molecule has 0 aliphatic heterocycles. The molecular weight excluding hydrogens is 326 g/mol. The van der Waals surface area contributed by atoms with Gasteiger partial charge in [0, 0.05) is 10.0 Å². The topological polar surface area (TPSA) is 81.2 Å². The van der Waals surface area contributed by atoms with Gasteiger partial charge in [-0.25, -0.2) is 0 Å². The first-order valence-electron chi connectivity index (χ1n) is 5.67. The third-order valence-corrected chi connectivity index (χ3v) is 2.96. The summed E-state index contributed by atoms with van der Waals surface area (Å²) < 4.78 is 11.2. The highest BCUT2D eigenvalue weighted by atomic mass is 79.9. The molecule has 1 aromatic carbocycles. The number of carbonyl (C=O) groups excluding carboxylic acids is 1. The number of rotatable bonds is 3. The largest absolute Gasteiger partial charge is 0.459 e. The molecule has 2 aromatic heterocycles. The van der Waals surface area contributed by atoms with Crippen LogP contribution in [0.25, 0.3) is 11.7 Å². The molecule has 1 N–H and O–H groups in total. The zero-order chi connectivity index (χ0) is 13.9. The van der Waals surface area contributed by atoms with Crippen LogP contribution in [0.1, 0.15) is 10.4 Å². The lowest BCUT2D eigenvalue weighted by Gasteiger charge is -2.00. The predicted molar refractivity (Wildman–Crippen MR) is 74.1 cm³/mol. The Labute approximate surface area is 121 Å². The molecule has 7 heteroatoms. The number of nitrogens with zero attached hydrogens (tertiary/aromatic N) is 2. The number of furan rings is 1. The zero-order valence-electron chi connectivity index (χ0n) is 10.0. The van der Waals surface area contributed by atoms with Crippen molar-refractivity contribution in [1.29, 1.82) is 0 Å². The summed E-state index contributed by atoms with van der Waals surface area (Å²) in [5, 5.41) is 10.1. The zero-order valence-corrected chi connectivity index (χ0v) is 11.6. The van der Waals surface area contributed by atoms with E-state index in [0.29, 0.717) is 11.3 Å². The second-order valence-electron chi connectivity index (χ2n) is 3.85. The number of carbonyl (C=O) groups is 1. The van der Waals surface area contributed by atoms with E-state index in [1.54, 1.807) is 30.3 Å². The standard InChI is InChI=1S/C13H8BrN3O3/c14-9-4-1-3-8(7-9)11(18)15-13-17-16-12(20-13)10-5-2-6-19-10/h1-7H,(H,15,17,18). The fourth-order valence-electron chi connectivity index (χ4n) is 1.57. The van der Waals surface area contributed by atoms with Gasteiger partial charge in [-0.3, -0.25) is 10.1 Å². The van der Waals surface area contributed by atoms with E-state index in [9.17, 15) is 4.79 Å². The summed E-state index contributed by atoms with van der Waals surface area (Å²) in [7, 11) is 0. The van der Waals surface area contributed by atoms with Crippen molar-refractivity contribution in [1.82, 2.24) is 10.2 Å². The van der Waals surface area contributed by atoms with Crippen molar-refractivity contribution in [2.75, 3.05) is 5.32 Å². The number of nitrogens with one attached hydrogen (secondary N) is 1. The summed E-state index contributed by atoms with van der Waals surface area (Å²) in [4.78, 5) is 12.0. The van der Waals surface area contributed by atoms with Gasteiger partial charge in [0.1, 0.15) is 0 Å². The van der Waals surface area contributed by atoms with Crippen molar-refractivity contribution in [2.24, 2.45) is 0 Å². The van der Waals surface area contributed by atoms with E-state index in [0.717, 1.165) is 4.47 Å². The van der Waals surface area contributed by atoms with Gasteiger partial charge in [0.25, 0.3) is 11.8 Å². The number of amides is 1. The number of anilines is 1. The molecule has 0 bridgehead atoms. The van der Waals surface area contributed by atoms with Crippen LogP contribution >= 0.6 is 15.9 Å². The van der Waals surface area contributed by atoms with Crippen LogP contribution in [0.5, 0.6) is 0 Å². The molecule has 6 nitrogen and oxygen atoms in total. The molecule has 20 heavy (non-hydrogen) atoms. The van der Waals surface area contributed by atoms with E-state index in [1.807, 2.05) is 6.07 Å². The molecule has 0 unspecified atom stereocenters. The third-order valence-electron chi connectivity index (χ3n) is 2.46. The molecule has 0 aliphatic carbocycles. The Balaban J connectivity index is 1.77. The molecular formula is C13H8BrN3O3. The Bertz CT molecular complexity index is 737. The first-order chi connectivity index (χ1) is 9.72. The van der Waals surface area contributed by atoms with Crippen LogP contribution in [-0.2, 0) is 0 Å². The van der Waals surface area contributed by atoms with Crippen molar-refractivity contribution >= 4 is 27.9 Å². The average Bonchev–Trinajstić information content (AvgIpc) is 3.08. The van der Waals surface area contributed by atoms with Crippen molar-refractivity contribution in [2.45, 2.75) is 0 Å². The Morgan fingerprint density at radius 1 is 1.20 bits per heavy atom. The molecule has 0 radical (unpaired) electrons. The second-order valence-corrected chi connectivity index (χ2v) is 4.77. The lowest BCUT2D eigenvalue weighted by atomic mass is 10.2. The van der Waals surface area contributed by atoms with Crippen molar-refractivity contribution in [3.8, 4) is 11.7 Å². The maximum absolute atomic E-state index is 12.0. The van der Waals surface area contributed by atoms with Gasteiger partial charge < -0.3 is 8.83 Å². The molecule has 3 rings (SSSR count). The molecule has 1 amide bonds. The molecule has 0 saturated carbocycles. The van der Waals surface area contributed by atoms with Gasteiger partial charge >= 0.3 is 6.01 Å². The van der Waals surface area contributed by atoms with Crippen LogP contribution in [0.3, 0.4) is 0 Å². The molecule has 0 spiro atoms. The van der Waals surface area contributed by atoms with E-state index in [1.165, 1.54) is 6.26 Å². The van der Waals surface area contributed by atoms with Crippen molar-refractivity contribution in [3.05, 3.63) is 52.7 Å². The monoisotopic (exact) mass is 333 g/mol. The van der Waals surface area contributed by atoms with Crippen LogP contribution in [0.15, 0.2) is 56.0 Å². The van der Waals surface area contributed by atoms with Gasteiger partial charge in [0.05, 0.1) is 6.26 Å². The molecule has 0 saturated heterocycles. The summed E-state index contributed by atoms with van der Waals surface area (Å²) >= 11 is 3.30. The van der Waals surface area contributed by atoms with Crippen LogP contribution < -0.4 is 5.32 Å².